The molecule has 0 atom stereocenters. The van der Waals surface area contributed by atoms with Gasteiger partial charge in [-0.05, 0) is 48.2 Å². The van der Waals surface area contributed by atoms with E-state index in [4.69, 9.17) is 14.5 Å². The molecule has 8 rings (SSSR count). The van der Waals surface area contributed by atoms with Crippen LogP contribution in [0.1, 0.15) is 63.4 Å². The maximum atomic E-state index is 13.5. The van der Waals surface area contributed by atoms with Crippen molar-refractivity contribution in [1.29, 1.82) is 0 Å². The Kier molecular flexibility index (Phi) is 11.9. The van der Waals surface area contributed by atoms with E-state index in [2.05, 4.69) is 159 Å². The highest BCUT2D eigenvalue weighted by molar-refractivity contribution is 5.95. The number of nitrogens with one attached hydrogen (secondary N) is 2. The van der Waals surface area contributed by atoms with Gasteiger partial charge in [0.15, 0.2) is 5.69 Å². The first-order valence-corrected chi connectivity index (χ1v) is 20.1. The summed E-state index contributed by atoms with van der Waals surface area (Å²) in [5.41, 5.74) is 14.0. The molecule has 0 saturated heterocycles. The van der Waals surface area contributed by atoms with Crippen molar-refractivity contribution < 1.29 is 14.3 Å². The Bertz CT molecular complexity index is 2240. The fourth-order valence-electron chi connectivity index (χ4n) is 7.86. The van der Waals surface area contributed by atoms with Gasteiger partial charge in [0, 0.05) is 73.2 Å². The van der Waals surface area contributed by atoms with E-state index in [1.54, 1.807) is 12.4 Å². The summed E-state index contributed by atoms with van der Waals surface area (Å²) < 4.78 is 13.2. The van der Waals surface area contributed by atoms with E-state index < -0.39 is 5.54 Å². The number of hydrazine groups is 1. The van der Waals surface area contributed by atoms with Crippen molar-refractivity contribution >= 4 is 17.3 Å². The fraction of sp³-hybridized carbons (Fsp3) is 0.180. The Balaban J connectivity index is 1.29. The molecular formula is C50H48N6O3. The first-order valence-electron chi connectivity index (χ1n) is 20.1. The molecule has 0 saturated carbocycles. The van der Waals surface area contributed by atoms with Crippen LogP contribution in [-0.2, 0) is 31.7 Å². The summed E-state index contributed by atoms with van der Waals surface area (Å²) in [7, 11) is 0. The van der Waals surface area contributed by atoms with Crippen LogP contribution in [-0.4, -0.2) is 29.1 Å². The van der Waals surface area contributed by atoms with Gasteiger partial charge in [0.1, 0.15) is 22.7 Å². The predicted molar refractivity (Wildman–Crippen MR) is 233 cm³/mol. The zero-order valence-corrected chi connectivity index (χ0v) is 33.4. The topological polar surface area (TPSA) is 91.8 Å². The van der Waals surface area contributed by atoms with Gasteiger partial charge in [0.2, 0.25) is 0 Å². The van der Waals surface area contributed by atoms with Crippen molar-refractivity contribution in [1.82, 2.24) is 20.8 Å². The van der Waals surface area contributed by atoms with Crippen molar-refractivity contribution in [2.45, 2.75) is 45.6 Å². The maximum absolute atomic E-state index is 13.5. The number of nitrogens with zero attached hydrogens (tertiary/aromatic N) is 4. The Morgan fingerprint density at radius 3 is 1.31 bits per heavy atom. The average molecular weight is 781 g/mol. The summed E-state index contributed by atoms with van der Waals surface area (Å²) >= 11 is 0. The van der Waals surface area contributed by atoms with Gasteiger partial charge in [0.25, 0.3) is 5.91 Å². The second-order valence-corrected chi connectivity index (χ2v) is 14.5. The normalized spacial score (nSPS) is 12.9. The number of hydrogen-bond acceptors (Lipinski definition) is 8. The molecule has 2 heterocycles. The molecule has 1 amide bonds. The summed E-state index contributed by atoms with van der Waals surface area (Å²) in [6.45, 7) is 7.53. The summed E-state index contributed by atoms with van der Waals surface area (Å²) in [6.07, 6.45) is 3.17. The molecule has 9 heteroatoms. The minimum Gasteiger partial charge on any atom is -0.493 e. The van der Waals surface area contributed by atoms with E-state index in [1.165, 1.54) is 22.3 Å². The molecule has 9 nitrogen and oxygen atoms in total. The lowest BCUT2D eigenvalue weighted by Gasteiger charge is -2.41. The summed E-state index contributed by atoms with van der Waals surface area (Å²) in [6, 6.07) is 54.5. The molecule has 1 aromatic heterocycles. The molecule has 7 aromatic rings. The van der Waals surface area contributed by atoms with Gasteiger partial charge < -0.3 is 19.3 Å². The van der Waals surface area contributed by atoms with Gasteiger partial charge in [-0.2, -0.15) is 0 Å². The number of aromatic nitrogens is 2. The van der Waals surface area contributed by atoms with E-state index in [0.29, 0.717) is 56.6 Å². The van der Waals surface area contributed by atoms with Gasteiger partial charge in [0.05, 0.1) is 13.2 Å². The zero-order chi connectivity index (χ0) is 40.4. The van der Waals surface area contributed by atoms with Crippen LogP contribution in [0.4, 0.5) is 11.4 Å². The van der Waals surface area contributed by atoms with E-state index in [0.717, 1.165) is 22.5 Å². The zero-order valence-electron chi connectivity index (χ0n) is 33.4. The third-order valence-electron chi connectivity index (χ3n) is 10.6. The summed E-state index contributed by atoms with van der Waals surface area (Å²) in [5.74, 6) is 0.900. The number of carbonyl (C=O) groups excluding carboxylic acids is 1. The number of carbonyl (C=O) groups is 1. The van der Waals surface area contributed by atoms with E-state index >= 15 is 0 Å². The molecule has 0 bridgehead atoms. The third-order valence-corrected chi connectivity index (χ3v) is 10.6. The highest BCUT2D eigenvalue weighted by Gasteiger charge is 2.48. The number of anilines is 2. The highest BCUT2D eigenvalue weighted by atomic mass is 16.5. The van der Waals surface area contributed by atoms with Crippen molar-refractivity contribution in [2.24, 2.45) is 0 Å². The standard InChI is InChI=1S/C50H48N6O3/c1-3-58-45-31-41(55(33-37-17-9-5-10-18-37)34-38-19-11-6-12-20-38)25-27-43(45)50(48-47(49(57)53-54-50)51-29-30-52-48)44-28-26-42(32-46(44)59-4-2)56(35-39-21-13-7-14-22-39)36-40-23-15-8-16-24-40/h5-32,54H,3-4,33-36H2,1-2H3,(H,53,57). The Labute approximate surface area is 346 Å². The Hall–Kier alpha value is -6.97. The fourth-order valence-corrected chi connectivity index (χ4v) is 7.86. The lowest BCUT2D eigenvalue weighted by Crippen LogP contribution is -2.59. The molecule has 0 unspecified atom stereocenters. The van der Waals surface area contributed by atoms with E-state index in [-0.39, 0.29) is 11.6 Å². The quantitative estimate of drug-likeness (QED) is 0.100. The van der Waals surface area contributed by atoms with Crippen LogP contribution < -0.4 is 30.1 Å². The van der Waals surface area contributed by atoms with Crippen molar-refractivity contribution in [3.8, 4) is 11.5 Å². The van der Waals surface area contributed by atoms with Crippen molar-refractivity contribution in [3.63, 3.8) is 0 Å². The van der Waals surface area contributed by atoms with Gasteiger partial charge in [-0.1, -0.05) is 133 Å². The van der Waals surface area contributed by atoms with Crippen molar-refractivity contribution in [3.05, 3.63) is 215 Å². The second-order valence-electron chi connectivity index (χ2n) is 14.5. The first kappa shape index (κ1) is 38.9. The molecule has 1 aliphatic heterocycles. The predicted octanol–water partition coefficient (Wildman–Crippen LogP) is 9.23. The maximum Gasteiger partial charge on any atom is 0.286 e. The molecule has 0 radical (unpaired) electrons. The van der Waals surface area contributed by atoms with Crippen LogP contribution in [0.5, 0.6) is 11.5 Å². The number of benzene rings is 6. The number of hydrogen-bond donors (Lipinski definition) is 2. The van der Waals surface area contributed by atoms with Crippen LogP contribution in [0.2, 0.25) is 0 Å². The van der Waals surface area contributed by atoms with Crippen LogP contribution in [0.25, 0.3) is 0 Å². The molecule has 2 N–H and O–H groups in total. The van der Waals surface area contributed by atoms with Gasteiger partial charge in [-0.3, -0.25) is 15.2 Å². The van der Waals surface area contributed by atoms with Gasteiger partial charge in [-0.25, -0.2) is 10.4 Å². The molecular weight excluding hydrogens is 733 g/mol. The minimum absolute atomic E-state index is 0.217. The largest absolute Gasteiger partial charge is 0.493 e. The van der Waals surface area contributed by atoms with E-state index in [1.807, 2.05) is 38.1 Å². The van der Waals surface area contributed by atoms with Gasteiger partial charge in [-0.15, -0.1) is 0 Å². The third kappa shape index (κ3) is 8.51. The average Bonchev–Trinajstić information content (AvgIpc) is 3.28. The molecule has 6 aromatic carbocycles. The summed E-state index contributed by atoms with van der Waals surface area (Å²) in [5, 5.41) is 0. The van der Waals surface area contributed by atoms with Crippen LogP contribution in [0.15, 0.2) is 170 Å². The molecule has 1 aliphatic rings. The number of amides is 1. The highest BCUT2D eigenvalue weighted by Crippen LogP contribution is 2.48. The lowest BCUT2D eigenvalue weighted by molar-refractivity contribution is 0.0885. The SMILES string of the molecule is CCOc1cc(N(Cc2ccccc2)Cc2ccccc2)ccc1C1(c2ccc(N(Cc3ccccc3)Cc3ccccc3)cc2OCC)NNC(=O)c2nccnc21. The molecule has 296 valence electrons. The monoisotopic (exact) mass is 780 g/mol. The molecule has 59 heavy (non-hydrogen) atoms. The number of fused-ring (bicyclic) bond motifs is 1. The van der Waals surface area contributed by atoms with Crippen LogP contribution in [0, 0.1) is 0 Å². The lowest BCUT2D eigenvalue weighted by atomic mass is 9.77. The molecule has 0 aliphatic carbocycles. The smallest absolute Gasteiger partial charge is 0.286 e. The number of ether oxygens (including phenoxy) is 2. The second kappa shape index (κ2) is 18.1. The number of rotatable bonds is 16. The van der Waals surface area contributed by atoms with Crippen LogP contribution >= 0.6 is 0 Å². The summed E-state index contributed by atoms with van der Waals surface area (Å²) in [4.78, 5) is 27.6. The van der Waals surface area contributed by atoms with Gasteiger partial charge >= 0.3 is 0 Å². The first-order chi connectivity index (χ1) is 29.1. The van der Waals surface area contributed by atoms with Crippen LogP contribution in [0.3, 0.4) is 0 Å². The molecule has 0 fully saturated rings. The van der Waals surface area contributed by atoms with E-state index in [9.17, 15) is 4.79 Å². The minimum atomic E-state index is -1.27. The Morgan fingerprint density at radius 1 is 0.525 bits per heavy atom. The van der Waals surface area contributed by atoms with Crippen molar-refractivity contribution in [2.75, 3.05) is 23.0 Å². The Morgan fingerprint density at radius 2 is 0.915 bits per heavy atom. The molecule has 0 spiro atoms.